The molecule has 4 rings (SSSR count). The van der Waals surface area contributed by atoms with Gasteiger partial charge in [-0.2, -0.15) is 0 Å². The number of ether oxygens (including phenoxy) is 3. The van der Waals surface area contributed by atoms with Crippen molar-refractivity contribution in [2.24, 2.45) is 0 Å². The number of ketones is 1. The molecule has 6 nitrogen and oxygen atoms in total. The van der Waals surface area contributed by atoms with E-state index in [1.807, 2.05) is 38.1 Å². The van der Waals surface area contributed by atoms with Crippen molar-refractivity contribution in [1.29, 1.82) is 0 Å². The highest BCUT2D eigenvalue weighted by molar-refractivity contribution is 6.03. The zero-order chi connectivity index (χ0) is 21.1. The number of dihydropyridines is 1. The standard InChI is InChI=1S/C24H29NO5/c1-3-28-17-8-4-7-16(13-17)22-21(24(27)30-14-18-9-6-12-29-18)15(2)25-19-10-5-11-20(26)23(19)22/h4,7-8,13,18,22,25H,3,5-6,9-12,14H2,1-2H3/t18-,22-/m0/s1. The second-order valence-corrected chi connectivity index (χ2v) is 8.00. The number of nitrogens with one attached hydrogen (secondary N) is 1. The second kappa shape index (κ2) is 9.04. The Morgan fingerprint density at radius 2 is 2.13 bits per heavy atom. The van der Waals surface area contributed by atoms with Gasteiger partial charge in [0.15, 0.2) is 5.78 Å². The molecule has 0 unspecified atom stereocenters. The van der Waals surface area contributed by atoms with Crippen molar-refractivity contribution in [2.75, 3.05) is 19.8 Å². The van der Waals surface area contributed by atoms with Crippen molar-refractivity contribution >= 4 is 11.8 Å². The van der Waals surface area contributed by atoms with E-state index in [0.29, 0.717) is 30.8 Å². The van der Waals surface area contributed by atoms with Crippen LogP contribution in [0.25, 0.3) is 0 Å². The molecule has 1 fully saturated rings. The van der Waals surface area contributed by atoms with Crippen molar-refractivity contribution in [1.82, 2.24) is 5.32 Å². The van der Waals surface area contributed by atoms with Gasteiger partial charge in [0.1, 0.15) is 12.4 Å². The number of benzene rings is 1. The molecule has 1 aromatic rings. The van der Waals surface area contributed by atoms with E-state index in [1.54, 1.807) is 0 Å². The van der Waals surface area contributed by atoms with Crippen LogP contribution in [0.1, 0.15) is 57.4 Å². The lowest BCUT2D eigenvalue weighted by Crippen LogP contribution is -2.35. The number of rotatable bonds is 6. The highest BCUT2D eigenvalue weighted by Crippen LogP contribution is 2.43. The summed E-state index contributed by atoms with van der Waals surface area (Å²) in [5.41, 5.74) is 3.72. The first-order valence-corrected chi connectivity index (χ1v) is 10.8. The SMILES string of the molecule is CCOc1cccc([C@H]2C(C(=O)OC[C@@H]3CCCO3)=C(C)NC3=C2C(=O)CCC3)c1. The Hall–Kier alpha value is -2.60. The van der Waals surface area contributed by atoms with Crippen LogP contribution >= 0.6 is 0 Å². The first-order chi connectivity index (χ1) is 14.6. The number of esters is 1. The predicted molar refractivity (Wildman–Crippen MR) is 112 cm³/mol. The summed E-state index contributed by atoms with van der Waals surface area (Å²) in [5, 5.41) is 3.32. The van der Waals surface area contributed by atoms with E-state index < -0.39 is 11.9 Å². The Bertz CT molecular complexity index is 895. The van der Waals surface area contributed by atoms with Gasteiger partial charge in [0.05, 0.1) is 18.3 Å². The minimum absolute atomic E-state index is 0.0442. The van der Waals surface area contributed by atoms with E-state index in [-0.39, 0.29) is 18.5 Å². The summed E-state index contributed by atoms with van der Waals surface area (Å²) in [6.07, 6.45) is 3.97. The third-order valence-electron chi connectivity index (χ3n) is 5.92. The van der Waals surface area contributed by atoms with E-state index in [1.165, 1.54) is 0 Å². The van der Waals surface area contributed by atoms with Gasteiger partial charge >= 0.3 is 5.97 Å². The summed E-state index contributed by atoms with van der Waals surface area (Å²) in [6, 6.07) is 7.66. The van der Waals surface area contributed by atoms with Crippen molar-refractivity contribution in [3.8, 4) is 5.75 Å². The predicted octanol–water partition coefficient (Wildman–Crippen LogP) is 3.78. The van der Waals surface area contributed by atoms with Gasteiger partial charge in [-0.1, -0.05) is 12.1 Å². The molecule has 0 spiro atoms. The average Bonchev–Trinajstić information content (AvgIpc) is 3.25. The van der Waals surface area contributed by atoms with Gasteiger partial charge in [-0.3, -0.25) is 4.79 Å². The molecule has 0 bridgehead atoms. The normalized spacial score (nSPS) is 23.9. The summed E-state index contributed by atoms with van der Waals surface area (Å²) in [5.74, 6) is -0.0326. The smallest absolute Gasteiger partial charge is 0.336 e. The number of hydrogen-bond donors (Lipinski definition) is 1. The van der Waals surface area contributed by atoms with Crippen LogP contribution in [0, 0.1) is 0 Å². The second-order valence-electron chi connectivity index (χ2n) is 8.00. The molecule has 3 aliphatic rings. The van der Waals surface area contributed by atoms with Crippen LogP contribution in [0.15, 0.2) is 46.8 Å². The molecule has 2 aliphatic heterocycles. The molecule has 0 saturated carbocycles. The van der Waals surface area contributed by atoms with Crippen molar-refractivity contribution in [3.63, 3.8) is 0 Å². The number of carbonyl (C=O) groups excluding carboxylic acids is 2. The van der Waals surface area contributed by atoms with E-state index in [4.69, 9.17) is 14.2 Å². The Morgan fingerprint density at radius 3 is 2.90 bits per heavy atom. The maximum Gasteiger partial charge on any atom is 0.336 e. The summed E-state index contributed by atoms with van der Waals surface area (Å²) in [4.78, 5) is 26.1. The zero-order valence-electron chi connectivity index (χ0n) is 17.7. The van der Waals surface area contributed by atoms with Crippen LogP contribution in [0.5, 0.6) is 5.75 Å². The Labute approximate surface area is 177 Å². The fourth-order valence-electron chi connectivity index (χ4n) is 4.56. The first-order valence-electron chi connectivity index (χ1n) is 10.8. The third kappa shape index (κ3) is 4.15. The van der Waals surface area contributed by atoms with E-state index in [2.05, 4.69) is 5.32 Å². The van der Waals surface area contributed by atoms with Gasteiger partial charge < -0.3 is 19.5 Å². The quantitative estimate of drug-likeness (QED) is 0.719. The lowest BCUT2D eigenvalue weighted by Gasteiger charge is -2.34. The zero-order valence-corrected chi connectivity index (χ0v) is 17.7. The van der Waals surface area contributed by atoms with E-state index in [0.717, 1.165) is 48.4 Å². The van der Waals surface area contributed by atoms with Gasteiger partial charge in [-0.05, 0) is 57.2 Å². The molecule has 0 amide bonds. The summed E-state index contributed by atoms with van der Waals surface area (Å²) >= 11 is 0. The maximum atomic E-state index is 13.2. The van der Waals surface area contributed by atoms with Gasteiger partial charge in [0.2, 0.25) is 0 Å². The molecular weight excluding hydrogens is 382 g/mol. The van der Waals surface area contributed by atoms with Gasteiger partial charge in [0.25, 0.3) is 0 Å². The van der Waals surface area contributed by atoms with Crippen LogP contribution in [0.4, 0.5) is 0 Å². The fraction of sp³-hybridized carbons (Fsp3) is 0.500. The number of hydrogen-bond acceptors (Lipinski definition) is 6. The van der Waals surface area contributed by atoms with Crippen molar-refractivity contribution < 1.29 is 23.8 Å². The molecule has 1 N–H and O–H groups in total. The molecule has 160 valence electrons. The van der Waals surface area contributed by atoms with Crippen LogP contribution in [-0.4, -0.2) is 37.7 Å². The number of allylic oxidation sites excluding steroid dienone is 3. The molecule has 2 heterocycles. The minimum Gasteiger partial charge on any atom is -0.494 e. The van der Waals surface area contributed by atoms with Crippen LogP contribution in [0.3, 0.4) is 0 Å². The molecule has 30 heavy (non-hydrogen) atoms. The van der Waals surface area contributed by atoms with Crippen LogP contribution in [0.2, 0.25) is 0 Å². The van der Waals surface area contributed by atoms with Crippen molar-refractivity contribution in [2.45, 2.75) is 58.0 Å². The lowest BCUT2D eigenvalue weighted by atomic mass is 9.75. The van der Waals surface area contributed by atoms with Gasteiger partial charge in [0, 0.05) is 35.9 Å². The average molecular weight is 411 g/mol. The van der Waals surface area contributed by atoms with Crippen LogP contribution < -0.4 is 10.1 Å². The van der Waals surface area contributed by atoms with E-state index >= 15 is 0 Å². The molecule has 1 aromatic carbocycles. The Morgan fingerprint density at radius 1 is 1.27 bits per heavy atom. The fourth-order valence-corrected chi connectivity index (χ4v) is 4.56. The van der Waals surface area contributed by atoms with Gasteiger partial charge in [-0.25, -0.2) is 4.79 Å². The topological polar surface area (TPSA) is 73.9 Å². The lowest BCUT2D eigenvalue weighted by molar-refractivity contribution is -0.142. The van der Waals surface area contributed by atoms with Gasteiger partial charge in [-0.15, -0.1) is 0 Å². The summed E-state index contributed by atoms with van der Waals surface area (Å²) in [7, 11) is 0. The Kier molecular flexibility index (Phi) is 6.23. The van der Waals surface area contributed by atoms with E-state index in [9.17, 15) is 9.59 Å². The highest BCUT2D eigenvalue weighted by Gasteiger charge is 2.39. The highest BCUT2D eigenvalue weighted by atomic mass is 16.6. The van der Waals surface area contributed by atoms with Crippen LogP contribution in [-0.2, 0) is 19.1 Å². The monoisotopic (exact) mass is 411 g/mol. The molecule has 1 aliphatic carbocycles. The molecule has 1 saturated heterocycles. The summed E-state index contributed by atoms with van der Waals surface area (Å²) < 4.78 is 16.9. The Balaban J connectivity index is 1.70. The summed E-state index contributed by atoms with van der Waals surface area (Å²) in [6.45, 7) is 5.31. The third-order valence-corrected chi connectivity index (χ3v) is 5.92. The number of carbonyl (C=O) groups is 2. The largest absolute Gasteiger partial charge is 0.494 e. The van der Waals surface area contributed by atoms with Crippen molar-refractivity contribution in [3.05, 3.63) is 52.4 Å². The first kappa shape index (κ1) is 20.7. The molecule has 0 aromatic heterocycles. The molecular formula is C24H29NO5. The minimum atomic E-state index is -0.452. The maximum absolute atomic E-state index is 13.2. The molecule has 2 atom stereocenters. The molecule has 0 radical (unpaired) electrons. The molecule has 6 heteroatoms. The number of Topliss-reactive ketones (excluding diaryl/α,β-unsaturated/α-hetero) is 1.